The van der Waals surface area contributed by atoms with Crippen molar-refractivity contribution >= 4 is 6.09 Å². The molecule has 2 aliphatic heterocycles. The van der Waals surface area contributed by atoms with Crippen LogP contribution in [0.15, 0.2) is 48.5 Å². The van der Waals surface area contributed by atoms with E-state index in [-0.39, 0.29) is 37.1 Å². The highest BCUT2D eigenvalue weighted by Gasteiger charge is 2.49. The Bertz CT molecular complexity index is 931. The molecule has 0 radical (unpaired) electrons. The normalized spacial score (nSPS) is 25.9. The van der Waals surface area contributed by atoms with Crippen LogP contribution in [-0.4, -0.2) is 28.2 Å². The summed E-state index contributed by atoms with van der Waals surface area (Å²) in [7, 11) is 0. The molecule has 2 atom stereocenters. The Morgan fingerprint density at radius 3 is 2.35 bits per heavy atom. The quantitative estimate of drug-likeness (QED) is 0.690. The van der Waals surface area contributed by atoms with Crippen LogP contribution in [0.25, 0.3) is 0 Å². The van der Waals surface area contributed by atoms with Crippen LogP contribution in [0.5, 0.6) is 0 Å². The lowest BCUT2D eigenvalue weighted by Crippen LogP contribution is -2.58. The number of nitrogens with zero attached hydrogens (tertiary/aromatic N) is 1. The zero-order valence-electron chi connectivity index (χ0n) is 17.4. The van der Waals surface area contributed by atoms with Crippen LogP contribution in [0, 0.1) is 6.92 Å². The highest BCUT2D eigenvalue weighted by atomic mass is 19.4. The highest BCUT2D eigenvalue weighted by Crippen LogP contribution is 2.45. The van der Waals surface area contributed by atoms with Crippen LogP contribution in [0.4, 0.5) is 18.0 Å². The number of aryl methyl sites for hydroxylation is 1. The van der Waals surface area contributed by atoms with Crippen LogP contribution in [0.1, 0.15) is 54.4 Å². The Kier molecular flexibility index (Phi) is 5.73. The summed E-state index contributed by atoms with van der Waals surface area (Å²) in [6.45, 7) is 1.59. The summed E-state index contributed by atoms with van der Waals surface area (Å²) in [4.78, 5) is 14.6. The van der Waals surface area contributed by atoms with Gasteiger partial charge in [0.05, 0.1) is 11.2 Å². The van der Waals surface area contributed by atoms with Gasteiger partial charge in [0.2, 0.25) is 0 Å². The number of fused-ring (bicyclic) bond motifs is 2. The Labute approximate surface area is 179 Å². The summed E-state index contributed by atoms with van der Waals surface area (Å²) >= 11 is 0. The van der Waals surface area contributed by atoms with Gasteiger partial charge in [0.15, 0.2) is 0 Å². The second-order valence-electron chi connectivity index (χ2n) is 8.65. The van der Waals surface area contributed by atoms with Crippen LogP contribution >= 0.6 is 0 Å². The summed E-state index contributed by atoms with van der Waals surface area (Å²) in [6.07, 6.45) is -1.83. The van der Waals surface area contributed by atoms with Crippen molar-refractivity contribution in [1.29, 1.82) is 0 Å². The Hall–Kier alpha value is -2.54. The van der Waals surface area contributed by atoms with Crippen molar-refractivity contribution in [2.45, 2.75) is 69.5 Å². The second-order valence-corrected chi connectivity index (χ2v) is 8.65. The number of hydrogen-bond donors (Lipinski definition) is 1. The summed E-state index contributed by atoms with van der Waals surface area (Å²) < 4.78 is 44.9. The number of amides is 1. The second kappa shape index (κ2) is 8.19. The maximum Gasteiger partial charge on any atom is 0.416 e. The molecule has 1 amide bonds. The van der Waals surface area contributed by atoms with Gasteiger partial charge in [-0.3, -0.25) is 0 Å². The number of benzene rings is 2. The van der Waals surface area contributed by atoms with E-state index in [0.29, 0.717) is 5.56 Å². The van der Waals surface area contributed by atoms with E-state index >= 15 is 0 Å². The number of rotatable bonds is 3. The van der Waals surface area contributed by atoms with Gasteiger partial charge in [0.1, 0.15) is 6.61 Å². The number of hydrogen-bond acceptors (Lipinski definition) is 3. The number of aliphatic hydroxyl groups is 1. The van der Waals surface area contributed by atoms with Gasteiger partial charge in [-0.2, -0.15) is 13.2 Å². The Morgan fingerprint density at radius 1 is 1.13 bits per heavy atom. The molecule has 2 aliphatic rings. The van der Waals surface area contributed by atoms with Crippen LogP contribution in [0.3, 0.4) is 0 Å². The van der Waals surface area contributed by atoms with E-state index in [1.54, 1.807) is 4.90 Å². The summed E-state index contributed by atoms with van der Waals surface area (Å²) in [5, 5.41) is 11.4. The minimum atomic E-state index is -4.42. The number of carbonyl (C=O) groups is 1. The van der Waals surface area contributed by atoms with Gasteiger partial charge in [-0.25, -0.2) is 4.79 Å². The molecule has 2 unspecified atom stereocenters. The van der Waals surface area contributed by atoms with Crippen molar-refractivity contribution in [2.24, 2.45) is 0 Å². The maximum atomic E-state index is 13.1. The van der Waals surface area contributed by atoms with E-state index in [1.165, 1.54) is 19.1 Å². The lowest BCUT2D eigenvalue weighted by molar-refractivity contribution is -0.138. The smallest absolute Gasteiger partial charge is 0.416 e. The zero-order chi connectivity index (χ0) is 22.2. The number of alkyl halides is 3. The minimum absolute atomic E-state index is 0.0910. The molecule has 2 fully saturated rings. The number of ether oxygens (including phenoxy) is 1. The summed E-state index contributed by atoms with van der Waals surface area (Å²) in [5.74, 6) is 0. The molecule has 1 N–H and O–H groups in total. The van der Waals surface area contributed by atoms with Crippen LogP contribution < -0.4 is 0 Å². The lowest BCUT2D eigenvalue weighted by atomic mass is 9.72. The SMILES string of the molecule is Cc1cc(C2(O)CC3CCCC(C2)N3C(=O)OCc2ccccc2)ccc1C(F)(F)F. The molecule has 0 spiro atoms. The molecule has 31 heavy (non-hydrogen) atoms. The molecule has 0 saturated carbocycles. The lowest BCUT2D eigenvalue weighted by Gasteiger charge is -2.51. The minimum Gasteiger partial charge on any atom is -0.445 e. The molecule has 0 aromatic heterocycles. The third kappa shape index (κ3) is 4.42. The van der Waals surface area contributed by atoms with Crippen molar-refractivity contribution in [3.05, 3.63) is 70.8 Å². The topological polar surface area (TPSA) is 49.8 Å². The molecule has 2 aromatic rings. The largest absolute Gasteiger partial charge is 0.445 e. The first-order chi connectivity index (χ1) is 14.7. The van der Waals surface area contributed by atoms with Crippen molar-refractivity contribution in [2.75, 3.05) is 0 Å². The fourth-order valence-corrected chi connectivity index (χ4v) is 5.03. The summed E-state index contributed by atoms with van der Waals surface area (Å²) in [5.41, 5.74) is -0.488. The van der Waals surface area contributed by atoms with Gasteiger partial charge in [0.25, 0.3) is 0 Å². The molecule has 2 heterocycles. The number of halogens is 3. The predicted molar refractivity (Wildman–Crippen MR) is 109 cm³/mol. The third-order valence-corrected chi connectivity index (χ3v) is 6.49. The van der Waals surface area contributed by atoms with E-state index in [9.17, 15) is 23.1 Å². The fourth-order valence-electron chi connectivity index (χ4n) is 5.03. The average Bonchev–Trinajstić information content (AvgIpc) is 2.71. The van der Waals surface area contributed by atoms with Gasteiger partial charge in [-0.1, -0.05) is 42.5 Å². The van der Waals surface area contributed by atoms with E-state index in [1.807, 2.05) is 30.3 Å². The average molecular weight is 433 g/mol. The van der Waals surface area contributed by atoms with Gasteiger partial charge in [0, 0.05) is 24.9 Å². The first-order valence-corrected chi connectivity index (χ1v) is 10.6. The first-order valence-electron chi connectivity index (χ1n) is 10.6. The maximum absolute atomic E-state index is 13.1. The molecular formula is C24H26F3NO3. The van der Waals surface area contributed by atoms with Gasteiger partial charge in [-0.05, 0) is 48.9 Å². The molecule has 166 valence electrons. The molecule has 4 rings (SSSR count). The van der Waals surface area contributed by atoms with Crippen molar-refractivity contribution < 1.29 is 27.8 Å². The van der Waals surface area contributed by atoms with E-state index in [0.717, 1.165) is 30.9 Å². The zero-order valence-corrected chi connectivity index (χ0v) is 17.4. The molecule has 2 aromatic carbocycles. The number of piperidine rings is 2. The summed E-state index contributed by atoms with van der Waals surface area (Å²) in [6, 6.07) is 12.9. The number of carbonyl (C=O) groups excluding carboxylic acids is 1. The predicted octanol–water partition coefficient (Wildman–Crippen LogP) is 5.56. The van der Waals surface area contributed by atoms with Crippen LogP contribution in [0.2, 0.25) is 0 Å². The Morgan fingerprint density at radius 2 is 1.77 bits per heavy atom. The van der Waals surface area contributed by atoms with E-state index in [4.69, 9.17) is 4.74 Å². The van der Waals surface area contributed by atoms with Gasteiger partial charge >= 0.3 is 12.3 Å². The van der Waals surface area contributed by atoms with Crippen molar-refractivity contribution in [3.63, 3.8) is 0 Å². The molecule has 7 heteroatoms. The Balaban J connectivity index is 1.51. The van der Waals surface area contributed by atoms with Gasteiger partial charge < -0.3 is 14.7 Å². The van der Waals surface area contributed by atoms with E-state index in [2.05, 4.69) is 0 Å². The monoisotopic (exact) mass is 433 g/mol. The molecule has 2 saturated heterocycles. The molecule has 0 aliphatic carbocycles. The first kappa shape index (κ1) is 21.7. The highest BCUT2D eigenvalue weighted by molar-refractivity contribution is 5.69. The fraction of sp³-hybridized carbons (Fsp3) is 0.458. The standard InChI is InChI=1S/C24H26F3NO3/c1-16-12-18(10-11-21(16)24(25,26)27)23(30)13-19-8-5-9-20(14-23)28(19)22(29)31-15-17-6-3-2-4-7-17/h2-4,6-7,10-12,19-20,30H,5,8-9,13-15H2,1H3. The van der Waals surface area contributed by atoms with E-state index < -0.39 is 23.4 Å². The molecule has 2 bridgehead atoms. The van der Waals surface area contributed by atoms with Crippen LogP contribution in [-0.2, 0) is 23.1 Å². The molecule has 4 nitrogen and oxygen atoms in total. The van der Waals surface area contributed by atoms with Crippen molar-refractivity contribution in [3.8, 4) is 0 Å². The molecular weight excluding hydrogens is 407 g/mol. The van der Waals surface area contributed by atoms with Crippen molar-refractivity contribution in [1.82, 2.24) is 4.90 Å². The van der Waals surface area contributed by atoms with Gasteiger partial charge in [-0.15, -0.1) is 0 Å². The third-order valence-electron chi connectivity index (χ3n) is 6.49.